The monoisotopic (exact) mass is 751 g/mol. The molecule has 7 aromatic carbocycles. The number of aryl methyl sites for hydroxylation is 1. The Bertz CT molecular complexity index is 2750. The quantitative estimate of drug-likeness (QED) is 0.0907. The maximum absolute atomic E-state index is 9.05. The second-order valence-electron chi connectivity index (χ2n) is 14.7. The van der Waals surface area contributed by atoms with E-state index in [1.807, 2.05) is 66.7 Å². The van der Waals surface area contributed by atoms with Crippen molar-refractivity contribution in [2.45, 2.75) is 26.3 Å². The molecular weight excluding hydrogens is 707 g/mol. The summed E-state index contributed by atoms with van der Waals surface area (Å²) < 4.78 is 0. The molecule has 8 rings (SSSR count). The second-order valence-corrected chi connectivity index (χ2v) is 14.7. The number of fused-ring (bicyclic) bond motifs is 1. The van der Waals surface area contributed by atoms with E-state index < -0.39 is 5.54 Å². The summed E-state index contributed by atoms with van der Waals surface area (Å²) in [6.07, 6.45) is 4.34. The number of amidine groups is 2. The van der Waals surface area contributed by atoms with Crippen LogP contribution in [0.25, 0.3) is 55.8 Å². The van der Waals surface area contributed by atoms with Gasteiger partial charge in [0.1, 0.15) is 5.84 Å². The summed E-state index contributed by atoms with van der Waals surface area (Å²) in [5.74, 6) is 1.61. The van der Waals surface area contributed by atoms with Crippen molar-refractivity contribution in [1.29, 1.82) is 5.41 Å². The van der Waals surface area contributed by atoms with Crippen LogP contribution < -0.4 is 0 Å². The highest BCUT2D eigenvalue weighted by Crippen LogP contribution is 2.41. The summed E-state index contributed by atoms with van der Waals surface area (Å²) in [7, 11) is 2.08. The highest BCUT2D eigenvalue weighted by Gasteiger charge is 2.34. The number of hydrogen-bond acceptors (Lipinski definition) is 3. The van der Waals surface area contributed by atoms with Crippen LogP contribution in [0, 0.1) is 12.3 Å². The molecule has 0 fully saturated rings. The van der Waals surface area contributed by atoms with Crippen molar-refractivity contribution in [3.8, 4) is 45.0 Å². The molecule has 5 nitrogen and oxygen atoms in total. The Balaban J connectivity index is 1.23. The molecule has 0 radical (unpaired) electrons. The molecule has 0 aliphatic carbocycles. The number of aromatic nitrogens is 2. The zero-order valence-electron chi connectivity index (χ0n) is 33.3. The molecule has 5 heteroatoms. The van der Waals surface area contributed by atoms with E-state index in [0.29, 0.717) is 11.7 Å². The molecule has 8 aromatic rings. The normalized spacial score (nSPS) is 12.7. The first-order chi connectivity index (χ1) is 28.3. The van der Waals surface area contributed by atoms with Crippen LogP contribution in [-0.2, 0) is 5.54 Å². The van der Waals surface area contributed by atoms with Gasteiger partial charge in [0.15, 0.2) is 11.7 Å². The van der Waals surface area contributed by atoms with Gasteiger partial charge in [0.05, 0.1) is 16.9 Å². The maximum atomic E-state index is 9.05. The Morgan fingerprint density at radius 3 is 1.74 bits per heavy atom. The minimum atomic E-state index is -0.656. The van der Waals surface area contributed by atoms with E-state index in [0.717, 1.165) is 66.7 Å². The SMILES string of the molecule is C/C=C\C(C)(c1cccc2cccc(-c3ccc(-c4cc(-c5ccc(C)cc5)nc(-c5ccccc5)n4)cc3)c12)N(C)C(=NC(=N)c1ccccc1)c1ccccc1. The molecule has 0 amide bonds. The van der Waals surface area contributed by atoms with Gasteiger partial charge in [-0.2, -0.15) is 0 Å². The van der Waals surface area contributed by atoms with E-state index in [1.54, 1.807) is 0 Å². The van der Waals surface area contributed by atoms with E-state index in [2.05, 4.69) is 160 Å². The number of allylic oxidation sites excluding steroid dienone is 1. The van der Waals surface area contributed by atoms with E-state index >= 15 is 0 Å². The first-order valence-corrected chi connectivity index (χ1v) is 19.6. The van der Waals surface area contributed by atoms with Crippen molar-refractivity contribution in [3.63, 3.8) is 0 Å². The number of aliphatic imine (C=N–C) groups is 1. The predicted molar refractivity (Wildman–Crippen MR) is 242 cm³/mol. The Hall–Kier alpha value is -7.24. The van der Waals surface area contributed by atoms with Crippen LogP contribution >= 0.6 is 0 Å². The highest BCUT2D eigenvalue weighted by molar-refractivity contribution is 6.11. The largest absolute Gasteiger partial charge is 0.346 e. The van der Waals surface area contributed by atoms with Crippen LogP contribution in [0.5, 0.6) is 0 Å². The second kappa shape index (κ2) is 16.5. The van der Waals surface area contributed by atoms with Gasteiger partial charge in [-0.15, -0.1) is 0 Å². The van der Waals surface area contributed by atoms with Gasteiger partial charge < -0.3 is 4.90 Å². The zero-order valence-corrected chi connectivity index (χ0v) is 33.3. The smallest absolute Gasteiger partial charge is 0.160 e. The van der Waals surface area contributed by atoms with Gasteiger partial charge in [0.2, 0.25) is 0 Å². The van der Waals surface area contributed by atoms with Crippen LogP contribution in [0.15, 0.2) is 199 Å². The predicted octanol–water partition coefficient (Wildman–Crippen LogP) is 12.8. The average molecular weight is 752 g/mol. The van der Waals surface area contributed by atoms with Crippen molar-refractivity contribution in [2.75, 3.05) is 7.05 Å². The lowest BCUT2D eigenvalue weighted by Crippen LogP contribution is -2.44. The summed E-state index contributed by atoms with van der Waals surface area (Å²) in [6.45, 7) is 6.39. The van der Waals surface area contributed by atoms with Crippen LogP contribution in [0.1, 0.15) is 36.1 Å². The van der Waals surface area contributed by atoms with Gasteiger partial charge in [-0.05, 0) is 54.3 Å². The van der Waals surface area contributed by atoms with Crippen LogP contribution in [0.2, 0.25) is 0 Å². The first-order valence-electron chi connectivity index (χ1n) is 19.6. The number of nitrogens with one attached hydrogen (secondary N) is 1. The molecule has 0 bridgehead atoms. The first kappa shape index (κ1) is 37.7. The van der Waals surface area contributed by atoms with E-state index in [-0.39, 0.29) is 5.84 Å². The molecule has 0 aliphatic rings. The molecule has 1 atom stereocenters. The molecule has 0 saturated carbocycles. The van der Waals surface area contributed by atoms with Crippen LogP contribution in [-0.4, -0.2) is 33.6 Å². The number of rotatable bonds is 9. The lowest BCUT2D eigenvalue weighted by Gasteiger charge is -2.40. The summed E-state index contributed by atoms with van der Waals surface area (Å²) in [6, 6.07) is 62.4. The third kappa shape index (κ3) is 7.63. The van der Waals surface area contributed by atoms with Gasteiger partial charge in [-0.3, -0.25) is 5.41 Å². The Morgan fingerprint density at radius 2 is 1.14 bits per heavy atom. The zero-order chi connectivity index (χ0) is 40.1. The number of benzene rings is 7. The van der Waals surface area contributed by atoms with Gasteiger partial charge in [0.25, 0.3) is 0 Å². The maximum Gasteiger partial charge on any atom is 0.160 e. The molecule has 0 spiro atoms. The number of hydrogen-bond donors (Lipinski definition) is 1. The van der Waals surface area contributed by atoms with Crippen molar-refractivity contribution >= 4 is 22.4 Å². The van der Waals surface area contributed by atoms with Crippen LogP contribution in [0.4, 0.5) is 0 Å². The lowest BCUT2D eigenvalue weighted by atomic mass is 9.82. The van der Waals surface area contributed by atoms with Gasteiger partial charge in [0, 0.05) is 34.9 Å². The topological polar surface area (TPSA) is 65.2 Å². The fraction of sp³-hybridized carbons (Fsp3) is 0.0943. The molecule has 58 heavy (non-hydrogen) atoms. The lowest BCUT2D eigenvalue weighted by molar-refractivity contribution is 0.303. The van der Waals surface area contributed by atoms with Gasteiger partial charge in [-0.1, -0.05) is 194 Å². The Kier molecular flexibility index (Phi) is 10.7. The molecule has 1 N–H and O–H groups in total. The minimum absolute atomic E-state index is 0.207. The molecule has 0 saturated heterocycles. The fourth-order valence-electron chi connectivity index (χ4n) is 7.62. The molecular formula is C53H45N5. The molecule has 1 aromatic heterocycles. The van der Waals surface area contributed by atoms with Crippen molar-refractivity contribution < 1.29 is 0 Å². The van der Waals surface area contributed by atoms with Crippen molar-refractivity contribution in [1.82, 2.24) is 14.9 Å². The molecule has 1 heterocycles. The summed E-state index contributed by atoms with van der Waals surface area (Å²) in [5.41, 5.74) is 10.4. The van der Waals surface area contributed by atoms with Gasteiger partial charge in [-0.25, -0.2) is 15.0 Å². The molecule has 282 valence electrons. The average Bonchev–Trinajstić information content (AvgIpc) is 3.28. The highest BCUT2D eigenvalue weighted by atomic mass is 15.2. The third-order valence-electron chi connectivity index (χ3n) is 10.8. The number of likely N-dealkylation sites (N-methyl/N-ethyl adjacent to an activating group) is 1. The van der Waals surface area contributed by atoms with Crippen molar-refractivity contribution in [3.05, 3.63) is 216 Å². The summed E-state index contributed by atoms with van der Waals surface area (Å²) in [4.78, 5) is 17.3. The van der Waals surface area contributed by atoms with E-state index in [9.17, 15) is 0 Å². The van der Waals surface area contributed by atoms with E-state index in [1.165, 1.54) is 5.56 Å². The number of nitrogens with zero attached hydrogens (tertiary/aromatic N) is 4. The van der Waals surface area contributed by atoms with Crippen molar-refractivity contribution in [2.24, 2.45) is 4.99 Å². The Morgan fingerprint density at radius 1 is 0.603 bits per heavy atom. The van der Waals surface area contributed by atoms with Gasteiger partial charge >= 0.3 is 0 Å². The Labute approximate surface area is 341 Å². The van der Waals surface area contributed by atoms with Crippen LogP contribution in [0.3, 0.4) is 0 Å². The molecule has 1 unspecified atom stereocenters. The third-order valence-corrected chi connectivity index (χ3v) is 10.8. The standard InChI is InChI=1S/C53H45N5/c1-5-35-53(3,58(4)52(44-21-13-8-14-22-44)57-50(54)42-17-9-6-10-18-42)46-26-16-24-41-23-15-25-45(49(41)46)38-31-33-40(34-32-38)48-36-47(39-29-27-37(2)28-30-39)55-51(56-48)43-19-11-7-12-20-43/h5-36,54H,1-4H3/b35-5-,54-50?,57-52?. The van der Waals surface area contributed by atoms with E-state index in [4.69, 9.17) is 20.4 Å². The summed E-state index contributed by atoms with van der Waals surface area (Å²) in [5, 5.41) is 11.4. The summed E-state index contributed by atoms with van der Waals surface area (Å²) >= 11 is 0. The molecule has 0 aliphatic heterocycles. The fourth-order valence-corrected chi connectivity index (χ4v) is 7.62. The minimum Gasteiger partial charge on any atom is -0.346 e.